The normalized spacial score (nSPS) is 10.9. The minimum atomic E-state index is 0.521. The number of nitrogens with two attached hydrogens (primary N) is 1. The molecule has 0 amide bonds. The summed E-state index contributed by atoms with van der Waals surface area (Å²) < 4.78 is 0. The summed E-state index contributed by atoms with van der Waals surface area (Å²) in [5, 5.41) is 5.22. The lowest BCUT2D eigenvalue weighted by atomic mass is 10.2. The molecule has 5 heteroatoms. The lowest BCUT2D eigenvalue weighted by molar-refractivity contribution is 1.04. The van der Waals surface area contributed by atoms with Crippen LogP contribution in [-0.2, 0) is 13.0 Å². The first kappa shape index (κ1) is 12.0. The van der Waals surface area contributed by atoms with Crippen LogP contribution in [0.4, 0.5) is 0 Å². The predicted molar refractivity (Wildman–Crippen MR) is 80.4 cm³/mol. The van der Waals surface area contributed by atoms with Gasteiger partial charge in [-0.15, -0.1) is 34.0 Å². The SMILES string of the molecule is NCc1nc(-c2cccs2)c(Cc2cccs2)s1. The van der Waals surface area contributed by atoms with Crippen molar-refractivity contribution < 1.29 is 0 Å². The third-order valence-electron chi connectivity index (χ3n) is 2.59. The fraction of sp³-hybridized carbons (Fsp3) is 0.154. The highest BCUT2D eigenvalue weighted by Gasteiger charge is 2.14. The fourth-order valence-corrected chi connectivity index (χ4v) is 4.38. The van der Waals surface area contributed by atoms with Gasteiger partial charge in [0.1, 0.15) is 5.01 Å². The van der Waals surface area contributed by atoms with Crippen LogP contribution in [0.2, 0.25) is 0 Å². The summed E-state index contributed by atoms with van der Waals surface area (Å²) in [6.07, 6.45) is 0.961. The standard InChI is InChI=1S/C13H12N2S3/c14-8-12-15-13(10-4-2-6-17-10)11(18-12)7-9-3-1-5-16-9/h1-6H,7-8,14H2. The van der Waals surface area contributed by atoms with Crippen molar-refractivity contribution in [3.05, 3.63) is 49.8 Å². The quantitative estimate of drug-likeness (QED) is 0.790. The Morgan fingerprint density at radius 1 is 1.11 bits per heavy atom. The Morgan fingerprint density at radius 2 is 1.94 bits per heavy atom. The number of rotatable bonds is 4. The van der Waals surface area contributed by atoms with Crippen LogP contribution in [0.5, 0.6) is 0 Å². The van der Waals surface area contributed by atoms with E-state index in [1.807, 2.05) is 0 Å². The van der Waals surface area contributed by atoms with Crippen molar-refractivity contribution in [3.8, 4) is 10.6 Å². The Hall–Kier alpha value is -1.01. The minimum Gasteiger partial charge on any atom is -0.325 e. The Kier molecular flexibility index (Phi) is 3.56. The minimum absolute atomic E-state index is 0.521. The van der Waals surface area contributed by atoms with E-state index in [4.69, 9.17) is 5.73 Å². The van der Waals surface area contributed by atoms with E-state index in [-0.39, 0.29) is 0 Å². The summed E-state index contributed by atoms with van der Waals surface area (Å²) in [5.74, 6) is 0. The molecule has 0 fully saturated rings. The largest absolute Gasteiger partial charge is 0.325 e. The van der Waals surface area contributed by atoms with Crippen LogP contribution < -0.4 is 5.73 Å². The van der Waals surface area contributed by atoms with E-state index in [2.05, 4.69) is 40.0 Å². The molecule has 0 aliphatic heterocycles. The number of hydrogen-bond donors (Lipinski definition) is 1. The maximum Gasteiger partial charge on any atom is 0.107 e. The monoisotopic (exact) mass is 292 g/mol. The van der Waals surface area contributed by atoms with Crippen molar-refractivity contribution >= 4 is 34.0 Å². The Balaban J connectivity index is 1.99. The van der Waals surface area contributed by atoms with Gasteiger partial charge < -0.3 is 5.73 Å². The predicted octanol–water partition coefficient (Wildman–Crippen LogP) is 3.98. The molecule has 3 rings (SSSR count). The van der Waals surface area contributed by atoms with Crippen LogP contribution in [-0.4, -0.2) is 4.98 Å². The zero-order valence-electron chi connectivity index (χ0n) is 9.63. The van der Waals surface area contributed by atoms with Crippen LogP contribution >= 0.6 is 34.0 Å². The molecule has 0 aromatic carbocycles. The molecule has 0 saturated carbocycles. The number of thiophene rings is 2. The van der Waals surface area contributed by atoms with Crippen LogP contribution in [0.15, 0.2) is 35.0 Å². The maximum absolute atomic E-state index is 5.71. The summed E-state index contributed by atoms with van der Waals surface area (Å²) in [5.41, 5.74) is 6.83. The van der Waals surface area contributed by atoms with Gasteiger partial charge in [0.25, 0.3) is 0 Å². The molecule has 0 spiro atoms. The second kappa shape index (κ2) is 5.32. The summed E-state index contributed by atoms with van der Waals surface area (Å²) in [6.45, 7) is 0.521. The van der Waals surface area contributed by atoms with Crippen LogP contribution in [0.25, 0.3) is 10.6 Å². The first-order valence-corrected chi connectivity index (χ1v) is 8.19. The van der Waals surface area contributed by atoms with Crippen molar-refractivity contribution in [1.82, 2.24) is 4.98 Å². The molecule has 0 atom stereocenters. The molecule has 2 N–H and O–H groups in total. The molecule has 0 aliphatic rings. The molecule has 18 heavy (non-hydrogen) atoms. The van der Waals surface area contributed by atoms with E-state index in [1.54, 1.807) is 34.0 Å². The van der Waals surface area contributed by atoms with Crippen molar-refractivity contribution in [2.24, 2.45) is 5.73 Å². The molecule has 3 heterocycles. The van der Waals surface area contributed by atoms with Crippen LogP contribution in [0, 0.1) is 0 Å². The Morgan fingerprint density at radius 3 is 2.61 bits per heavy atom. The van der Waals surface area contributed by atoms with Gasteiger partial charge in [-0.1, -0.05) is 12.1 Å². The topological polar surface area (TPSA) is 38.9 Å². The zero-order valence-corrected chi connectivity index (χ0v) is 12.1. The highest BCUT2D eigenvalue weighted by molar-refractivity contribution is 7.15. The van der Waals surface area contributed by atoms with Crippen molar-refractivity contribution in [2.45, 2.75) is 13.0 Å². The van der Waals surface area contributed by atoms with Crippen molar-refractivity contribution in [3.63, 3.8) is 0 Å². The first-order chi connectivity index (χ1) is 8.86. The Bertz CT molecular complexity index is 609. The van der Waals surface area contributed by atoms with Gasteiger partial charge in [0.05, 0.1) is 10.6 Å². The average molecular weight is 292 g/mol. The lowest BCUT2D eigenvalue weighted by Crippen LogP contribution is -1.94. The summed E-state index contributed by atoms with van der Waals surface area (Å²) in [4.78, 5) is 8.59. The molecule has 3 aromatic heterocycles. The summed E-state index contributed by atoms with van der Waals surface area (Å²) in [6, 6.07) is 8.45. The van der Waals surface area contributed by atoms with E-state index in [0.29, 0.717) is 6.54 Å². The maximum atomic E-state index is 5.71. The molecular weight excluding hydrogens is 280 g/mol. The lowest BCUT2D eigenvalue weighted by Gasteiger charge is -1.97. The van der Waals surface area contributed by atoms with Crippen molar-refractivity contribution in [2.75, 3.05) is 0 Å². The third kappa shape index (κ3) is 2.40. The van der Waals surface area contributed by atoms with E-state index >= 15 is 0 Å². The fourth-order valence-electron chi connectivity index (χ4n) is 1.78. The molecular formula is C13H12N2S3. The summed E-state index contributed by atoms with van der Waals surface area (Å²) >= 11 is 5.26. The molecule has 3 aromatic rings. The molecule has 92 valence electrons. The van der Waals surface area contributed by atoms with Crippen LogP contribution in [0.1, 0.15) is 14.8 Å². The number of thiazole rings is 1. The molecule has 0 bridgehead atoms. The van der Waals surface area contributed by atoms with Gasteiger partial charge in [0.2, 0.25) is 0 Å². The highest BCUT2D eigenvalue weighted by Crippen LogP contribution is 2.33. The molecule has 2 nitrogen and oxygen atoms in total. The van der Waals surface area contributed by atoms with Gasteiger partial charge >= 0.3 is 0 Å². The van der Waals surface area contributed by atoms with Crippen molar-refractivity contribution in [1.29, 1.82) is 0 Å². The second-order valence-corrected chi connectivity index (χ2v) is 6.97. The smallest absolute Gasteiger partial charge is 0.107 e. The highest BCUT2D eigenvalue weighted by atomic mass is 32.1. The van der Waals surface area contributed by atoms with Gasteiger partial charge in [-0.3, -0.25) is 0 Å². The molecule has 0 unspecified atom stereocenters. The molecule has 0 aliphatic carbocycles. The third-order valence-corrected chi connectivity index (χ3v) is 5.42. The van der Waals surface area contributed by atoms with Gasteiger partial charge in [0.15, 0.2) is 0 Å². The average Bonchev–Trinajstić information content (AvgIpc) is 3.10. The number of aromatic nitrogens is 1. The molecule has 0 radical (unpaired) electrons. The summed E-state index contributed by atoms with van der Waals surface area (Å²) in [7, 11) is 0. The number of nitrogens with zero attached hydrogens (tertiary/aromatic N) is 1. The number of hydrogen-bond acceptors (Lipinski definition) is 5. The van der Waals surface area contributed by atoms with Gasteiger partial charge in [0, 0.05) is 22.7 Å². The van der Waals surface area contributed by atoms with E-state index in [9.17, 15) is 0 Å². The van der Waals surface area contributed by atoms with Gasteiger partial charge in [-0.05, 0) is 22.9 Å². The van der Waals surface area contributed by atoms with E-state index in [0.717, 1.165) is 17.1 Å². The van der Waals surface area contributed by atoms with Gasteiger partial charge in [-0.25, -0.2) is 4.98 Å². The Labute approximate surface area is 118 Å². The molecule has 0 saturated heterocycles. The van der Waals surface area contributed by atoms with E-state index < -0.39 is 0 Å². The van der Waals surface area contributed by atoms with Crippen LogP contribution in [0.3, 0.4) is 0 Å². The first-order valence-electron chi connectivity index (χ1n) is 5.61. The van der Waals surface area contributed by atoms with E-state index in [1.165, 1.54) is 14.6 Å². The van der Waals surface area contributed by atoms with Gasteiger partial charge in [-0.2, -0.15) is 0 Å². The zero-order chi connectivity index (χ0) is 12.4. The second-order valence-electron chi connectivity index (χ2n) is 3.82.